The van der Waals surface area contributed by atoms with E-state index >= 15 is 4.39 Å². The van der Waals surface area contributed by atoms with Crippen LogP contribution in [0.3, 0.4) is 0 Å². The number of hydrogen-bond acceptors (Lipinski definition) is 6. The maximum absolute atomic E-state index is 16.0. The van der Waals surface area contributed by atoms with Crippen LogP contribution in [-0.4, -0.2) is 59.0 Å². The van der Waals surface area contributed by atoms with Gasteiger partial charge in [0, 0.05) is 37.2 Å². The summed E-state index contributed by atoms with van der Waals surface area (Å²) in [7, 11) is 0. The summed E-state index contributed by atoms with van der Waals surface area (Å²) in [4.78, 5) is 42.5. The number of alkyl halides is 1. The predicted molar refractivity (Wildman–Crippen MR) is 180 cm³/mol. The highest BCUT2D eigenvalue weighted by Crippen LogP contribution is 2.34. The normalized spacial score (nSPS) is 16.3. The van der Waals surface area contributed by atoms with Crippen LogP contribution < -0.4 is 10.9 Å². The number of likely N-dealkylation sites (tertiary alicyclic amines) is 1. The molecule has 2 heterocycles. The molecule has 10 heteroatoms. The van der Waals surface area contributed by atoms with Crippen molar-refractivity contribution in [2.45, 2.75) is 92.4 Å². The standard InChI is InChI=1S/C37H48F2N4O4/c1-8-47-33(44)20-31(30-19-27(17-25(6)35(30)39)34-23(4)10-9-11-24(34)5)40-36(45)32(16-22(2)3)43-37(46)26(7)18-29(41-43)13-15-42-14-12-28(38)21-42/h9-11,17-19,22,28,31-32H,8,12-16,20-21H2,1-7H3,(H,40,45)/t28-,31-,32-/m0/s1. The number of aromatic nitrogens is 2. The smallest absolute Gasteiger partial charge is 0.308 e. The van der Waals surface area contributed by atoms with E-state index in [1.165, 1.54) is 4.68 Å². The van der Waals surface area contributed by atoms with Gasteiger partial charge in [-0.3, -0.25) is 19.3 Å². The zero-order valence-electron chi connectivity index (χ0n) is 28.7. The molecule has 1 aliphatic heterocycles. The first-order chi connectivity index (χ1) is 22.3. The molecule has 254 valence electrons. The number of hydrogen-bond donors (Lipinski definition) is 1. The van der Waals surface area contributed by atoms with E-state index in [0.717, 1.165) is 22.3 Å². The van der Waals surface area contributed by atoms with E-state index in [0.29, 0.717) is 49.3 Å². The third kappa shape index (κ3) is 8.91. The van der Waals surface area contributed by atoms with Crippen LogP contribution in [0.2, 0.25) is 0 Å². The Kier molecular flexibility index (Phi) is 12.1. The molecule has 2 aromatic carbocycles. The Labute approximate surface area is 276 Å². The van der Waals surface area contributed by atoms with Gasteiger partial charge in [-0.1, -0.05) is 32.0 Å². The second kappa shape index (κ2) is 15.8. The summed E-state index contributed by atoms with van der Waals surface area (Å²) >= 11 is 0. The molecule has 47 heavy (non-hydrogen) atoms. The van der Waals surface area contributed by atoms with Gasteiger partial charge in [0.05, 0.1) is 24.8 Å². The lowest BCUT2D eigenvalue weighted by Gasteiger charge is -2.26. The molecule has 0 unspecified atom stereocenters. The zero-order valence-corrected chi connectivity index (χ0v) is 28.7. The van der Waals surface area contributed by atoms with Crippen LogP contribution in [0.4, 0.5) is 8.78 Å². The summed E-state index contributed by atoms with van der Waals surface area (Å²) in [5.41, 5.74) is 4.95. The molecule has 0 bridgehead atoms. The molecule has 0 radical (unpaired) electrons. The van der Waals surface area contributed by atoms with Crippen LogP contribution in [-0.2, 0) is 20.7 Å². The van der Waals surface area contributed by atoms with Crippen molar-refractivity contribution in [3.63, 3.8) is 0 Å². The molecular weight excluding hydrogens is 602 g/mol. The number of aryl methyl sites for hydroxylation is 4. The highest BCUT2D eigenvalue weighted by molar-refractivity contribution is 5.82. The number of carbonyl (C=O) groups excluding carboxylic acids is 2. The number of esters is 1. The molecule has 1 aromatic heterocycles. The average molecular weight is 651 g/mol. The van der Waals surface area contributed by atoms with Crippen LogP contribution in [0, 0.1) is 39.4 Å². The summed E-state index contributed by atoms with van der Waals surface area (Å²) < 4.78 is 36.2. The summed E-state index contributed by atoms with van der Waals surface area (Å²) in [6, 6.07) is 9.02. The van der Waals surface area contributed by atoms with Gasteiger partial charge in [0.2, 0.25) is 5.91 Å². The number of rotatable bonds is 13. The Morgan fingerprint density at radius 1 is 1.06 bits per heavy atom. The van der Waals surface area contributed by atoms with Crippen molar-refractivity contribution in [2.75, 3.05) is 26.2 Å². The maximum Gasteiger partial charge on any atom is 0.308 e. The molecule has 1 N–H and O–H groups in total. The van der Waals surface area contributed by atoms with Crippen molar-refractivity contribution >= 4 is 11.9 Å². The van der Waals surface area contributed by atoms with Gasteiger partial charge in [-0.05, 0) is 99.4 Å². The van der Waals surface area contributed by atoms with E-state index in [9.17, 15) is 18.8 Å². The van der Waals surface area contributed by atoms with E-state index in [2.05, 4.69) is 10.4 Å². The minimum Gasteiger partial charge on any atom is -0.466 e. The molecule has 1 aliphatic rings. The van der Waals surface area contributed by atoms with Gasteiger partial charge in [0.1, 0.15) is 18.0 Å². The topological polar surface area (TPSA) is 93.5 Å². The molecule has 4 rings (SSSR count). The highest BCUT2D eigenvalue weighted by atomic mass is 19.1. The molecule has 1 amide bonds. The lowest BCUT2D eigenvalue weighted by atomic mass is 9.90. The molecule has 0 saturated carbocycles. The number of benzene rings is 2. The number of halogens is 2. The van der Waals surface area contributed by atoms with Crippen LogP contribution in [0.15, 0.2) is 41.2 Å². The minimum absolute atomic E-state index is 0.00402. The fraction of sp³-hybridized carbons (Fsp3) is 0.514. The molecule has 1 saturated heterocycles. The van der Waals surface area contributed by atoms with Gasteiger partial charge >= 0.3 is 5.97 Å². The Bertz CT molecular complexity index is 1630. The number of nitrogens with zero attached hydrogens (tertiary/aromatic N) is 3. The second-order valence-corrected chi connectivity index (χ2v) is 13.2. The zero-order chi connectivity index (χ0) is 34.4. The number of ether oxygens (including phenoxy) is 1. The third-order valence-corrected chi connectivity index (χ3v) is 8.78. The van der Waals surface area contributed by atoms with E-state index in [1.807, 2.05) is 50.8 Å². The third-order valence-electron chi connectivity index (χ3n) is 8.78. The van der Waals surface area contributed by atoms with E-state index in [-0.39, 0.29) is 30.9 Å². The number of carbonyl (C=O) groups is 2. The Morgan fingerprint density at radius 3 is 2.38 bits per heavy atom. The van der Waals surface area contributed by atoms with Gasteiger partial charge in [-0.2, -0.15) is 5.10 Å². The number of nitrogens with one attached hydrogen (secondary N) is 1. The van der Waals surface area contributed by atoms with Gasteiger partial charge < -0.3 is 10.1 Å². The summed E-state index contributed by atoms with van der Waals surface area (Å²) in [6.07, 6.45) is 0.143. The average Bonchev–Trinajstić information content (AvgIpc) is 3.42. The number of amides is 1. The van der Waals surface area contributed by atoms with E-state index in [1.54, 1.807) is 39.0 Å². The molecular formula is C37H48F2N4O4. The van der Waals surface area contributed by atoms with Crippen molar-refractivity contribution < 1.29 is 23.1 Å². The van der Waals surface area contributed by atoms with Crippen LogP contribution >= 0.6 is 0 Å². The van der Waals surface area contributed by atoms with Crippen molar-refractivity contribution in [3.05, 3.63) is 86.1 Å². The molecule has 0 aliphatic carbocycles. The Morgan fingerprint density at radius 2 is 1.77 bits per heavy atom. The highest BCUT2D eigenvalue weighted by Gasteiger charge is 2.31. The van der Waals surface area contributed by atoms with E-state index in [4.69, 9.17) is 4.74 Å². The first-order valence-corrected chi connectivity index (χ1v) is 16.6. The predicted octanol–water partition coefficient (Wildman–Crippen LogP) is 6.27. The Balaban J connectivity index is 1.73. The molecule has 0 spiro atoms. The van der Waals surface area contributed by atoms with Crippen molar-refractivity contribution in [3.8, 4) is 11.1 Å². The van der Waals surface area contributed by atoms with Crippen molar-refractivity contribution in [1.82, 2.24) is 20.0 Å². The van der Waals surface area contributed by atoms with Gasteiger partial charge in [0.25, 0.3) is 5.56 Å². The lowest BCUT2D eigenvalue weighted by molar-refractivity contribution is -0.144. The SMILES string of the molecule is CCOC(=O)C[C@H](NC(=O)[C@H](CC(C)C)n1nc(CCN2CC[C@H](F)C2)cc(C)c1=O)c1cc(-c2c(C)cccc2C)cc(C)c1F. The summed E-state index contributed by atoms with van der Waals surface area (Å²) in [6.45, 7) is 14.6. The second-order valence-electron chi connectivity index (χ2n) is 13.2. The maximum atomic E-state index is 16.0. The molecule has 3 atom stereocenters. The minimum atomic E-state index is -1.07. The quantitative estimate of drug-likeness (QED) is 0.219. The van der Waals surface area contributed by atoms with Crippen molar-refractivity contribution in [1.29, 1.82) is 0 Å². The monoisotopic (exact) mass is 650 g/mol. The fourth-order valence-electron chi connectivity index (χ4n) is 6.42. The van der Waals surface area contributed by atoms with Crippen LogP contribution in [0.25, 0.3) is 11.1 Å². The molecule has 8 nitrogen and oxygen atoms in total. The van der Waals surface area contributed by atoms with Gasteiger partial charge in [-0.25, -0.2) is 13.5 Å². The summed E-state index contributed by atoms with van der Waals surface area (Å²) in [5.74, 6) is -1.66. The van der Waals surface area contributed by atoms with Crippen molar-refractivity contribution in [2.24, 2.45) is 5.92 Å². The first kappa shape index (κ1) is 35.9. The molecule has 3 aromatic rings. The lowest BCUT2D eigenvalue weighted by Crippen LogP contribution is -2.42. The van der Waals surface area contributed by atoms with Crippen LogP contribution in [0.5, 0.6) is 0 Å². The largest absolute Gasteiger partial charge is 0.466 e. The first-order valence-electron chi connectivity index (χ1n) is 16.6. The fourth-order valence-corrected chi connectivity index (χ4v) is 6.42. The Hall–Kier alpha value is -3.92. The van der Waals surface area contributed by atoms with Gasteiger partial charge in [0.15, 0.2) is 0 Å². The summed E-state index contributed by atoms with van der Waals surface area (Å²) in [5, 5.41) is 7.54. The van der Waals surface area contributed by atoms with E-state index < -0.39 is 41.5 Å². The molecule has 1 fully saturated rings. The van der Waals surface area contributed by atoms with Gasteiger partial charge in [-0.15, -0.1) is 0 Å². The van der Waals surface area contributed by atoms with Crippen LogP contribution in [0.1, 0.15) is 85.6 Å².